The Morgan fingerprint density at radius 2 is 1.34 bits per heavy atom. The molecule has 0 saturated heterocycles. The highest BCUT2D eigenvalue weighted by atomic mass is 16.2. The Labute approximate surface area is 242 Å². The first-order valence-electron chi connectivity index (χ1n) is 14.8. The van der Waals surface area contributed by atoms with E-state index in [9.17, 15) is 14.4 Å². The van der Waals surface area contributed by atoms with Crippen LogP contribution < -0.4 is 16.0 Å². The fraction of sp³-hybridized carbons (Fsp3) is 0.424. The third kappa shape index (κ3) is 8.71. The van der Waals surface area contributed by atoms with E-state index in [0.717, 1.165) is 45.8 Å². The van der Waals surface area contributed by atoms with E-state index in [4.69, 9.17) is 0 Å². The van der Waals surface area contributed by atoms with Gasteiger partial charge in [0.2, 0.25) is 17.7 Å². The molecule has 4 aromatic rings. The summed E-state index contributed by atoms with van der Waals surface area (Å²) in [6.07, 6.45) is 8.20. The van der Waals surface area contributed by atoms with E-state index in [-0.39, 0.29) is 23.8 Å². The summed E-state index contributed by atoms with van der Waals surface area (Å²) >= 11 is 0. The molecule has 2 atom stereocenters. The summed E-state index contributed by atoms with van der Waals surface area (Å²) in [6.45, 7) is 6.65. The lowest BCUT2D eigenvalue weighted by Gasteiger charge is -2.21. The van der Waals surface area contributed by atoms with E-state index >= 15 is 0 Å². The van der Waals surface area contributed by atoms with Crippen molar-refractivity contribution in [2.75, 3.05) is 6.54 Å². The number of nitrogens with one attached hydrogen (secondary N) is 5. The van der Waals surface area contributed by atoms with Crippen LogP contribution in [0, 0.1) is 5.92 Å². The quantitative estimate of drug-likeness (QED) is 0.130. The lowest BCUT2D eigenvalue weighted by Crippen LogP contribution is -2.50. The van der Waals surface area contributed by atoms with Crippen molar-refractivity contribution in [3.05, 3.63) is 72.1 Å². The predicted octanol–water partition coefficient (Wildman–Crippen LogP) is 5.15. The van der Waals surface area contributed by atoms with E-state index in [2.05, 4.69) is 32.0 Å². The van der Waals surface area contributed by atoms with Gasteiger partial charge < -0.3 is 25.9 Å². The first-order chi connectivity index (χ1) is 19.8. The zero-order chi connectivity index (χ0) is 29.2. The summed E-state index contributed by atoms with van der Waals surface area (Å²) < 4.78 is 0. The Morgan fingerprint density at radius 1 is 0.732 bits per heavy atom. The van der Waals surface area contributed by atoms with Gasteiger partial charge in [0.15, 0.2) is 0 Å². The molecule has 41 heavy (non-hydrogen) atoms. The molecule has 0 saturated carbocycles. The van der Waals surface area contributed by atoms with Gasteiger partial charge in [-0.05, 0) is 55.4 Å². The van der Waals surface area contributed by atoms with E-state index in [0.29, 0.717) is 44.6 Å². The Bertz CT molecular complexity index is 1450. The number of hydrogen-bond donors (Lipinski definition) is 5. The minimum Gasteiger partial charge on any atom is -0.361 e. The average molecular weight is 558 g/mol. The molecule has 0 aliphatic carbocycles. The van der Waals surface area contributed by atoms with Gasteiger partial charge in [-0.2, -0.15) is 0 Å². The topological polar surface area (TPSA) is 119 Å². The molecule has 0 spiro atoms. The van der Waals surface area contributed by atoms with Crippen LogP contribution in [-0.2, 0) is 27.2 Å². The number of hydrogen-bond acceptors (Lipinski definition) is 3. The zero-order valence-corrected chi connectivity index (χ0v) is 24.4. The summed E-state index contributed by atoms with van der Waals surface area (Å²) in [7, 11) is 0. The standard InChI is InChI=1S/C33H43N5O3/c1-22(2)17-32(40)34-16-10-4-5-15-31(39)38-30(19-25-21-36-29-14-9-7-12-27(25)29)33(41)37-23(3)18-24-20-35-28-13-8-6-11-26(24)28/h6-9,11-14,20-23,30,35-36H,4-5,10,15-19H2,1-3H3,(H,34,40)(H,37,41)(H,38,39)/t23?,30-/m0/s1. The first-order valence-corrected chi connectivity index (χ1v) is 14.8. The van der Waals surface area contributed by atoms with Gasteiger partial charge >= 0.3 is 0 Å². The molecule has 0 aliphatic rings. The number of carbonyl (C=O) groups is 3. The molecule has 8 nitrogen and oxygen atoms in total. The molecular formula is C33H43N5O3. The number of benzene rings is 2. The minimum atomic E-state index is -0.692. The smallest absolute Gasteiger partial charge is 0.243 e. The van der Waals surface area contributed by atoms with Gasteiger partial charge in [0.05, 0.1) is 0 Å². The lowest BCUT2D eigenvalue weighted by atomic mass is 10.0. The number of aromatic nitrogens is 2. The summed E-state index contributed by atoms with van der Waals surface area (Å²) in [5.41, 5.74) is 4.21. The maximum absolute atomic E-state index is 13.5. The fourth-order valence-corrected chi connectivity index (χ4v) is 5.28. The van der Waals surface area contributed by atoms with Gasteiger partial charge in [-0.15, -0.1) is 0 Å². The van der Waals surface area contributed by atoms with Gasteiger partial charge in [-0.1, -0.05) is 56.7 Å². The SMILES string of the molecule is CC(C)CC(=O)NCCCCCC(=O)N[C@@H](Cc1c[nH]c2ccccc12)C(=O)NC(C)Cc1c[nH]c2ccccc12. The zero-order valence-electron chi connectivity index (χ0n) is 24.4. The maximum Gasteiger partial charge on any atom is 0.243 e. The van der Waals surface area contributed by atoms with Gasteiger partial charge in [0.1, 0.15) is 6.04 Å². The van der Waals surface area contributed by atoms with Crippen molar-refractivity contribution in [3.63, 3.8) is 0 Å². The molecule has 0 fully saturated rings. The highest BCUT2D eigenvalue weighted by Gasteiger charge is 2.24. The normalized spacial score (nSPS) is 12.9. The van der Waals surface area contributed by atoms with Crippen LogP contribution >= 0.6 is 0 Å². The number of fused-ring (bicyclic) bond motifs is 2. The number of unbranched alkanes of at least 4 members (excludes halogenated alkanes) is 2. The van der Waals surface area contributed by atoms with Gasteiger partial charge in [0.25, 0.3) is 0 Å². The molecule has 8 heteroatoms. The Morgan fingerprint density at radius 3 is 1.98 bits per heavy atom. The minimum absolute atomic E-state index is 0.0720. The second kappa shape index (κ2) is 14.5. The summed E-state index contributed by atoms with van der Waals surface area (Å²) in [5, 5.41) is 11.3. The Balaban J connectivity index is 1.33. The molecule has 0 aliphatic heterocycles. The molecule has 5 N–H and O–H groups in total. The highest BCUT2D eigenvalue weighted by molar-refractivity contribution is 5.90. The summed E-state index contributed by atoms with van der Waals surface area (Å²) in [4.78, 5) is 44.8. The van der Waals surface area contributed by atoms with Crippen molar-refractivity contribution in [3.8, 4) is 0 Å². The summed E-state index contributed by atoms with van der Waals surface area (Å²) in [6, 6.07) is 15.3. The Hall–Kier alpha value is -4.07. The third-order valence-electron chi connectivity index (χ3n) is 7.34. The van der Waals surface area contributed by atoms with Crippen LogP contribution in [0.5, 0.6) is 0 Å². The van der Waals surface area contributed by atoms with Crippen LogP contribution in [0.25, 0.3) is 21.8 Å². The van der Waals surface area contributed by atoms with Crippen LogP contribution in [0.4, 0.5) is 0 Å². The second-order valence-corrected chi connectivity index (χ2v) is 11.4. The lowest BCUT2D eigenvalue weighted by molar-refractivity contribution is -0.129. The van der Waals surface area contributed by atoms with Crippen molar-refractivity contribution >= 4 is 39.5 Å². The Kier molecular flexibility index (Phi) is 10.6. The fourth-order valence-electron chi connectivity index (χ4n) is 5.28. The van der Waals surface area contributed by atoms with Crippen LogP contribution in [0.1, 0.15) is 64.0 Å². The predicted molar refractivity (Wildman–Crippen MR) is 164 cm³/mol. The molecule has 1 unspecified atom stereocenters. The van der Waals surface area contributed by atoms with Crippen molar-refractivity contribution in [2.24, 2.45) is 5.92 Å². The first kappa shape index (κ1) is 29.9. The largest absolute Gasteiger partial charge is 0.361 e. The van der Waals surface area contributed by atoms with Gasteiger partial charge in [-0.25, -0.2) is 0 Å². The molecule has 3 amide bonds. The highest BCUT2D eigenvalue weighted by Crippen LogP contribution is 2.21. The van der Waals surface area contributed by atoms with E-state index in [1.54, 1.807) is 0 Å². The molecular weight excluding hydrogens is 514 g/mol. The number of H-pyrrole nitrogens is 2. The maximum atomic E-state index is 13.5. The van der Waals surface area contributed by atoms with Gasteiger partial charge in [0, 0.05) is 66.0 Å². The number of rotatable bonds is 15. The average Bonchev–Trinajstić information content (AvgIpc) is 3.54. The van der Waals surface area contributed by atoms with E-state index < -0.39 is 6.04 Å². The monoisotopic (exact) mass is 557 g/mol. The van der Waals surface area contributed by atoms with E-state index in [1.807, 2.05) is 75.6 Å². The molecule has 2 aromatic carbocycles. The number of para-hydroxylation sites is 2. The van der Waals surface area contributed by atoms with Crippen molar-refractivity contribution in [2.45, 2.75) is 77.8 Å². The molecule has 0 bridgehead atoms. The number of amides is 3. The van der Waals surface area contributed by atoms with Crippen molar-refractivity contribution < 1.29 is 14.4 Å². The van der Waals surface area contributed by atoms with Crippen LogP contribution in [-0.4, -0.2) is 46.3 Å². The molecule has 0 radical (unpaired) electrons. The number of aromatic amines is 2. The van der Waals surface area contributed by atoms with Gasteiger partial charge in [-0.3, -0.25) is 14.4 Å². The summed E-state index contributed by atoms with van der Waals surface area (Å²) in [5.74, 6) is 0.0781. The van der Waals surface area contributed by atoms with Crippen LogP contribution in [0.2, 0.25) is 0 Å². The van der Waals surface area contributed by atoms with Crippen molar-refractivity contribution in [1.29, 1.82) is 0 Å². The molecule has 218 valence electrons. The molecule has 2 aromatic heterocycles. The molecule has 2 heterocycles. The van der Waals surface area contributed by atoms with Crippen molar-refractivity contribution in [1.82, 2.24) is 25.9 Å². The van der Waals surface area contributed by atoms with Crippen LogP contribution in [0.3, 0.4) is 0 Å². The van der Waals surface area contributed by atoms with E-state index in [1.165, 1.54) is 0 Å². The number of carbonyl (C=O) groups excluding carboxylic acids is 3. The second-order valence-electron chi connectivity index (χ2n) is 11.4. The van der Waals surface area contributed by atoms with Crippen LogP contribution in [0.15, 0.2) is 60.9 Å². The third-order valence-corrected chi connectivity index (χ3v) is 7.34. The molecule has 4 rings (SSSR count).